The molecule has 3 aromatic rings. The van der Waals surface area contributed by atoms with Crippen molar-refractivity contribution in [3.8, 4) is 0 Å². The number of carbonyl (C=O) groups is 1. The van der Waals surface area contributed by atoms with Crippen LogP contribution in [0.4, 0.5) is 0 Å². The summed E-state index contributed by atoms with van der Waals surface area (Å²) < 4.78 is 5.43. The highest BCUT2D eigenvalue weighted by molar-refractivity contribution is 5.83. The Morgan fingerprint density at radius 3 is 3.00 bits per heavy atom. The number of aromatic amines is 1. The zero-order valence-corrected chi connectivity index (χ0v) is 12.0. The molecule has 1 amide bonds. The number of rotatable bonds is 6. The van der Waals surface area contributed by atoms with Crippen LogP contribution in [-0.2, 0) is 24.1 Å². The van der Waals surface area contributed by atoms with Crippen molar-refractivity contribution in [2.24, 2.45) is 0 Å². The molecule has 0 saturated heterocycles. The zero-order chi connectivity index (χ0) is 15.4. The molecule has 0 aliphatic carbocycles. The molecule has 6 nitrogen and oxygen atoms in total. The van der Waals surface area contributed by atoms with Gasteiger partial charge in [-0.05, 0) is 18.1 Å². The lowest BCUT2D eigenvalue weighted by molar-refractivity contribution is -0.129. The summed E-state index contributed by atoms with van der Waals surface area (Å²) in [6.07, 6.45) is 5.75. The molecular formula is C16H17N3O3. The lowest BCUT2D eigenvalue weighted by Crippen LogP contribution is -2.18. The van der Waals surface area contributed by atoms with E-state index in [4.69, 9.17) is 9.62 Å². The van der Waals surface area contributed by atoms with E-state index in [-0.39, 0.29) is 6.42 Å². The molecule has 1 aromatic carbocycles. The first-order valence-corrected chi connectivity index (χ1v) is 7.17. The minimum Gasteiger partial charge on any atom is -0.449 e. The molecule has 3 N–H and O–H groups in total. The molecule has 0 radical (unpaired) electrons. The van der Waals surface area contributed by atoms with Crippen LogP contribution in [-0.4, -0.2) is 21.1 Å². The molecule has 2 heterocycles. The van der Waals surface area contributed by atoms with Gasteiger partial charge in [0, 0.05) is 36.4 Å². The standard InChI is InChI=1S/C16H17N3O3/c20-15(19-21)7-6-12-10-22-16(18-12)8-5-11-9-17-14-4-2-1-3-13(11)14/h1-4,9-10,17,21H,5-8H2,(H,19,20). The van der Waals surface area contributed by atoms with Gasteiger partial charge < -0.3 is 9.40 Å². The number of aryl methyl sites for hydroxylation is 3. The van der Waals surface area contributed by atoms with Crippen LogP contribution in [0.25, 0.3) is 10.9 Å². The maximum absolute atomic E-state index is 11.0. The van der Waals surface area contributed by atoms with E-state index in [1.807, 2.05) is 24.4 Å². The highest BCUT2D eigenvalue weighted by atomic mass is 16.5. The Labute approximate surface area is 127 Å². The van der Waals surface area contributed by atoms with Crippen molar-refractivity contribution >= 4 is 16.8 Å². The van der Waals surface area contributed by atoms with Crippen LogP contribution in [0.5, 0.6) is 0 Å². The Hall–Kier alpha value is -2.60. The lowest BCUT2D eigenvalue weighted by Gasteiger charge is -1.97. The molecule has 0 unspecified atom stereocenters. The van der Waals surface area contributed by atoms with Gasteiger partial charge in [0.15, 0.2) is 5.89 Å². The van der Waals surface area contributed by atoms with Gasteiger partial charge >= 0.3 is 0 Å². The summed E-state index contributed by atoms with van der Waals surface area (Å²) in [6, 6.07) is 8.17. The second-order valence-electron chi connectivity index (χ2n) is 5.13. The summed E-state index contributed by atoms with van der Waals surface area (Å²) >= 11 is 0. The van der Waals surface area contributed by atoms with Crippen molar-refractivity contribution in [1.29, 1.82) is 0 Å². The first kappa shape index (κ1) is 14.3. The summed E-state index contributed by atoms with van der Waals surface area (Å²) in [6.45, 7) is 0. The number of carbonyl (C=O) groups excluding carboxylic acids is 1. The van der Waals surface area contributed by atoms with Crippen molar-refractivity contribution in [3.63, 3.8) is 0 Å². The molecule has 0 spiro atoms. The van der Waals surface area contributed by atoms with Gasteiger partial charge in [-0.25, -0.2) is 10.5 Å². The van der Waals surface area contributed by atoms with E-state index in [9.17, 15) is 4.79 Å². The molecule has 0 fully saturated rings. The zero-order valence-electron chi connectivity index (χ0n) is 12.0. The third-order valence-corrected chi connectivity index (χ3v) is 3.62. The van der Waals surface area contributed by atoms with E-state index in [2.05, 4.69) is 16.0 Å². The number of benzene rings is 1. The van der Waals surface area contributed by atoms with E-state index in [0.717, 1.165) is 17.6 Å². The molecular weight excluding hydrogens is 282 g/mol. The molecule has 0 bridgehead atoms. The number of fused-ring (bicyclic) bond motifs is 1. The predicted octanol–water partition coefficient (Wildman–Crippen LogP) is 2.38. The van der Waals surface area contributed by atoms with Gasteiger partial charge in [-0.15, -0.1) is 0 Å². The van der Waals surface area contributed by atoms with E-state index in [1.54, 1.807) is 11.7 Å². The number of H-pyrrole nitrogens is 1. The van der Waals surface area contributed by atoms with Crippen molar-refractivity contribution < 1.29 is 14.4 Å². The Balaban J connectivity index is 1.60. The number of nitrogens with one attached hydrogen (secondary N) is 2. The van der Waals surface area contributed by atoms with E-state index in [1.165, 1.54) is 10.9 Å². The third kappa shape index (κ3) is 3.17. The summed E-state index contributed by atoms with van der Waals surface area (Å²) in [5.41, 5.74) is 4.68. The van der Waals surface area contributed by atoms with Crippen LogP contribution >= 0.6 is 0 Å². The van der Waals surface area contributed by atoms with Crippen LogP contribution < -0.4 is 5.48 Å². The molecule has 2 aromatic heterocycles. The summed E-state index contributed by atoms with van der Waals surface area (Å²) in [7, 11) is 0. The summed E-state index contributed by atoms with van der Waals surface area (Å²) in [4.78, 5) is 18.6. The first-order valence-electron chi connectivity index (χ1n) is 7.17. The quantitative estimate of drug-likeness (QED) is 0.481. The van der Waals surface area contributed by atoms with Crippen LogP contribution in [0, 0.1) is 0 Å². The maximum atomic E-state index is 11.0. The van der Waals surface area contributed by atoms with Crippen molar-refractivity contribution in [2.45, 2.75) is 25.7 Å². The Morgan fingerprint density at radius 1 is 1.27 bits per heavy atom. The fraction of sp³-hybridized carbons (Fsp3) is 0.250. The van der Waals surface area contributed by atoms with E-state index in [0.29, 0.717) is 18.7 Å². The highest BCUT2D eigenvalue weighted by Gasteiger charge is 2.08. The molecule has 3 rings (SSSR count). The molecule has 0 aliphatic heterocycles. The van der Waals surface area contributed by atoms with Gasteiger partial charge in [0.05, 0.1) is 5.69 Å². The fourth-order valence-corrected chi connectivity index (χ4v) is 2.46. The fourth-order valence-electron chi connectivity index (χ4n) is 2.46. The Bertz CT molecular complexity index is 776. The number of amides is 1. The molecule has 0 atom stereocenters. The summed E-state index contributed by atoms with van der Waals surface area (Å²) in [5, 5.41) is 9.66. The normalized spacial score (nSPS) is 11.0. The predicted molar refractivity (Wildman–Crippen MR) is 80.5 cm³/mol. The lowest BCUT2D eigenvalue weighted by atomic mass is 10.1. The van der Waals surface area contributed by atoms with Crippen molar-refractivity contribution in [2.75, 3.05) is 0 Å². The second-order valence-corrected chi connectivity index (χ2v) is 5.13. The Morgan fingerprint density at radius 2 is 2.14 bits per heavy atom. The van der Waals surface area contributed by atoms with Gasteiger partial charge in [0.2, 0.25) is 5.91 Å². The van der Waals surface area contributed by atoms with Gasteiger partial charge in [0.25, 0.3) is 0 Å². The van der Waals surface area contributed by atoms with Gasteiger partial charge in [0.1, 0.15) is 6.26 Å². The minimum absolute atomic E-state index is 0.185. The largest absolute Gasteiger partial charge is 0.449 e. The third-order valence-electron chi connectivity index (χ3n) is 3.62. The number of hydroxylamine groups is 1. The van der Waals surface area contributed by atoms with Crippen LogP contribution in [0.1, 0.15) is 23.6 Å². The summed E-state index contributed by atoms with van der Waals surface area (Å²) in [5.74, 6) is 0.230. The van der Waals surface area contributed by atoms with Gasteiger partial charge in [-0.2, -0.15) is 0 Å². The van der Waals surface area contributed by atoms with Crippen LogP contribution in [0.2, 0.25) is 0 Å². The number of nitrogens with zero attached hydrogens (tertiary/aromatic N) is 1. The number of hydrogen-bond acceptors (Lipinski definition) is 4. The van der Waals surface area contributed by atoms with Crippen LogP contribution in [0.3, 0.4) is 0 Å². The number of aromatic nitrogens is 2. The second kappa shape index (κ2) is 6.44. The van der Waals surface area contributed by atoms with Gasteiger partial charge in [-0.3, -0.25) is 10.0 Å². The molecule has 0 aliphatic rings. The van der Waals surface area contributed by atoms with E-state index >= 15 is 0 Å². The highest BCUT2D eigenvalue weighted by Crippen LogP contribution is 2.19. The van der Waals surface area contributed by atoms with Gasteiger partial charge in [-0.1, -0.05) is 18.2 Å². The smallest absolute Gasteiger partial charge is 0.243 e. The minimum atomic E-state index is -0.427. The monoisotopic (exact) mass is 299 g/mol. The molecule has 114 valence electrons. The molecule has 6 heteroatoms. The molecule has 0 saturated carbocycles. The Kier molecular flexibility index (Phi) is 4.20. The van der Waals surface area contributed by atoms with Crippen LogP contribution in [0.15, 0.2) is 41.1 Å². The van der Waals surface area contributed by atoms with E-state index < -0.39 is 5.91 Å². The average Bonchev–Trinajstić information content (AvgIpc) is 3.17. The van der Waals surface area contributed by atoms with Crippen molar-refractivity contribution in [3.05, 3.63) is 53.9 Å². The first-order chi connectivity index (χ1) is 10.8. The number of oxazole rings is 1. The maximum Gasteiger partial charge on any atom is 0.243 e. The van der Waals surface area contributed by atoms with Crippen molar-refractivity contribution in [1.82, 2.24) is 15.4 Å². The number of hydrogen-bond donors (Lipinski definition) is 3. The SMILES string of the molecule is O=C(CCc1coc(CCc2c[nH]c3ccccc23)n1)NO. The number of para-hydroxylation sites is 1. The molecule has 22 heavy (non-hydrogen) atoms. The average molecular weight is 299 g/mol. The topological polar surface area (TPSA) is 91.2 Å².